The average molecular weight is 618 g/mol. The van der Waals surface area contributed by atoms with Crippen LogP contribution in [-0.2, 0) is 30.3 Å². The largest absolute Gasteiger partial charge is 0.464 e. The van der Waals surface area contributed by atoms with Crippen molar-refractivity contribution < 1.29 is 29.6 Å². The first-order valence-corrected chi connectivity index (χ1v) is 17.9. The first kappa shape index (κ1) is 39.6. The lowest BCUT2D eigenvalue weighted by molar-refractivity contribution is -0.405. The summed E-state index contributed by atoms with van der Waals surface area (Å²) in [4.78, 5) is 41.3. The van der Waals surface area contributed by atoms with E-state index in [1.165, 1.54) is 0 Å². The monoisotopic (exact) mass is 617 g/mol. The van der Waals surface area contributed by atoms with Crippen LogP contribution in [0, 0.1) is 11.8 Å². The molecule has 1 amide bonds. The zero-order chi connectivity index (χ0) is 32.4. The number of amides is 1. The summed E-state index contributed by atoms with van der Waals surface area (Å²) in [5.41, 5.74) is 5.20. The molecule has 1 atom stereocenters. The van der Waals surface area contributed by atoms with Gasteiger partial charge in [-0.15, -0.1) is 0 Å². The van der Waals surface area contributed by atoms with Gasteiger partial charge in [0.25, 0.3) is 5.91 Å². The van der Waals surface area contributed by atoms with Gasteiger partial charge in [-0.05, 0) is 31.2 Å². The highest BCUT2D eigenvalue weighted by atomic mass is 16.5. The van der Waals surface area contributed by atoms with Gasteiger partial charge in [0.2, 0.25) is 0 Å². The van der Waals surface area contributed by atoms with Gasteiger partial charge in [-0.1, -0.05) is 135 Å². The van der Waals surface area contributed by atoms with Crippen LogP contribution < -0.4 is 5.73 Å². The first-order valence-electron chi connectivity index (χ1n) is 17.9. The Balaban J connectivity index is 2.83. The van der Waals surface area contributed by atoms with Crippen molar-refractivity contribution in [2.45, 2.75) is 143 Å². The number of quaternary nitrogens is 1. The van der Waals surface area contributed by atoms with Gasteiger partial charge in [-0.3, -0.25) is 14.4 Å². The number of carbonyl (C=O) groups excluding carboxylic acids is 3. The predicted molar refractivity (Wildman–Crippen MR) is 179 cm³/mol. The Bertz CT molecular complexity index is 816. The lowest BCUT2D eigenvalue weighted by Crippen LogP contribution is -2.69. The van der Waals surface area contributed by atoms with Gasteiger partial charge < -0.3 is 20.1 Å². The first-order chi connectivity index (χ1) is 21.4. The summed E-state index contributed by atoms with van der Waals surface area (Å²) in [6, 6.07) is 9.36. The molecule has 0 saturated carbocycles. The third-order valence-electron chi connectivity index (χ3n) is 8.49. The Morgan fingerprint density at radius 3 is 1.39 bits per heavy atom. The van der Waals surface area contributed by atoms with Crippen LogP contribution in [0.4, 0.5) is 0 Å². The van der Waals surface area contributed by atoms with Gasteiger partial charge in [0.1, 0.15) is 13.2 Å². The molecular weight excluding hydrogens is 552 g/mol. The van der Waals surface area contributed by atoms with Crippen LogP contribution in [0.2, 0.25) is 0 Å². The van der Waals surface area contributed by atoms with Crippen LogP contribution in [0.15, 0.2) is 30.3 Å². The highest BCUT2D eigenvalue weighted by Gasteiger charge is 2.27. The molecule has 1 unspecified atom stereocenters. The minimum absolute atomic E-state index is 0.0887. The van der Waals surface area contributed by atoms with Crippen LogP contribution in [-0.4, -0.2) is 55.1 Å². The molecule has 0 saturated heterocycles. The van der Waals surface area contributed by atoms with Crippen molar-refractivity contribution in [1.29, 1.82) is 0 Å². The van der Waals surface area contributed by atoms with Crippen molar-refractivity contribution in [2.24, 2.45) is 11.8 Å². The maximum absolute atomic E-state index is 13.5. The lowest BCUT2D eigenvalue weighted by Gasteiger charge is -2.25. The number of esters is 2. The zero-order valence-electron chi connectivity index (χ0n) is 28.7. The summed E-state index contributed by atoms with van der Waals surface area (Å²) in [6.07, 6.45) is 17.0. The maximum atomic E-state index is 13.5. The summed E-state index contributed by atoms with van der Waals surface area (Å²) in [5, 5.41) is 0. The fraction of sp³-hybridized carbons (Fsp3) is 0.757. The van der Waals surface area contributed by atoms with Gasteiger partial charge >= 0.3 is 11.9 Å². The van der Waals surface area contributed by atoms with Crippen molar-refractivity contribution in [3.05, 3.63) is 35.9 Å². The SMILES string of the molecule is CCCCCC(CCCCC)C(=O)OCCN(CCOC(=O)C(CCCCC)CCCCC)C(=O)C([NH3+])Cc1ccccc1. The van der Waals surface area contributed by atoms with E-state index in [-0.39, 0.29) is 56.0 Å². The van der Waals surface area contributed by atoms with E-state index in [1.54, 1.807) is 4.90 Å². The Morgan fingerprint density at radius 2 is 1.02 bits per heavy atom. The van der Waals surface area contributed by atoms with E-state index < -0.39 is 6.04 Å². The van der Waals surface area contributed by atoms with E-state index in [9.17, 15) is 14.4 Å². The van der Waals surface area contributed by atoms with Crippen molar-refractivity contribution >= 4 is 17.8 Å². The van der Waals surface area contributed by atoms with Crippen LogP contribution in [0.3, 0.4) is 0 Å². The molecule has 44 heavy (non-hydrogen) atoms. The molecule has 0 aliphatic carbocycles. The molecule has 252 valence electrons. The second-order valence-corrected chi connectivity index (χ2v) is 12.4. The molecule has 3 N–H and O–H groups in total. The molecule has 0 bridgehead atoms. The number of rotatable bonds is 27. The minimum Gasteiger partial charge on any atom is -0.464 e. The molecule has 7 heteroatoms. The van der Waals surface area contributed by atoms with Gasteiger partial charge in [0.05, 0.1) is 24.9 Å². The molecule has 0 aliphatic rings. The smallest absolute Gasteiger partial charge is 0.308 e. The number of unbranched alkanes of at least 4 members (excludes halogenated alkanes) is 8. The molecule has 7 nitrogen and oxygen atoms in total. The predicted octanol–water partition coefficient (Wildman–Crippen LogP) is 7.31. The highest BCUT2D eigenvalue weighted by molar-refractivity contribution is 5.81. The Hall–Kier alpha value is -2.41. The molecule has 0 aliphatic heterocycles. The Kier molecular flexibility index (Phi) is 23.3. The molecule has 0 aromatic heterocycles. The topological polar surface area (TPSA) is 101 Å². The van der Waals surface area contributed by atoms with E-state index >= 15 is 0 Å². The third kappa shape index (κ3) is 17.8. The second kappa shape index (κ2) is 25.9. The summed E-state index contributed by atoms with van der Waals surface area (Å²) >= 11 is 0. The van der Waals surface area contributed by atoms with Crippen molar-refractivity contribution in [3.63, 3.8) is 0 Å². The maximum Gasteiger partial charge on any atom is 0.308 e. The standard InChI is InChI=1S/C37H64N2O5/c1-5-9-14-22-32(23-15-10-6-2)36(41)43-28-26-39(35(40)34(38)30-31-20-18-13-19-21-31)27-29-44-37(42)33(24-16-11-7-3)25-17-12-8-4/h13,18-21,32-34H,5-12,14-17,22-30,38H2,1-4H3/p+1. The van der Waals surface area contributed by atoms with Crippen LogP contribution in [0.5, 0.6) is 0 Å². The van der Waals surface area contributed by atoms with Crippen molar-refractivity contribution in [3.8, 4) is 0 Å². The molecule has 0 spiro atoms. The Morgan fingerprint density at radius 1 is 0.636 bits per heavy atom. The minimum atomic E-state index is -0.490. The van der Waals surface area contributed by atoms with E-state index in [0.717, 1.165) is 108 Å². The Labute approximate surface area is 269 Å². The molecule has 1 aromatic carbocycles. The van der Waals surface area contributed by atoms with Gasteiger partial charge in [-0.25, -0.2) is 0 Å². The third-order valence-corrected chi connectivity index (χ3v) is 8.49. The molecule has 0 radical (unpaired) electrons. The lowest BCUT2D eigenvalue weighted by atomic mass is 9.95. The van der Waals surface area contributed by atoms with E-state index in [4.69, 9.17) is 9.47 Å². The summed E-state index contributed by atoms with van der Waals surface area (Å²) < 4.78 is 11.5. The normalized spacial score (nSPS) is 12.0. The molecule has 0 fully saturated rings. The summed E-state index contributed by atoms with van der Waals surface area (Å²) in [7, 11) is 0. The van der Waals surface area contributed by atoms with Gasteiger partial charge in [0, 0.05) is 6.42 Å². The number of hydrogen-bond acceptors (Lipinski definition) is 5. The van der Waals surface area contributed by atoms with E-state index in [1.807, 2.05) is 30.3 Å². The average Bonchev–Trinajstić information content (AvgIpc) is 3.02. The molecule has 1 aromatic rings. The van der Waals surface area contributed by atoms with Crippen LogP contribution in [0.1, 0.15) is 136 Å². The molecule has 0 heterocycles. The fourth-order valence-corrected chi connectivity index (χ4v) is 5.65. The number of carbonyl (C=O) groups is 3. The zero-order valence-corrected chi connectivity index (χ0v) is 28.7. The molecule has 1 rings (SSSR count). The number of ether oxygens (including phenoxy) is 2. The quantitative estimate of drug-likeness (QED) is 0.0824. The summed E-state index contributed by atoms with van der Waals surface area (Å²) in [5.74, 6) is -0.615. The number of nitrogens with zero attached hydrogens (tertiary/aromatic N) is 1. The second-order valence-electron chi connectivity index (χ2n) is 12.4. The van der Waals surface area contributed by atoms with E-state index in [0.29, 0.717) is 6.42 Å². The number of benzene rings is 1. The van der Waals surface area contributed by atoms with Gasteiger partial charge in [-0.2, -0.15) is 0 Å². The van der Waals surface area contributed by atoms with E-state index in [2.05, 4.69) is 33.4 Å². The van der Waals surface area contributed by atoms with Crippen LogP contribution in [0.25, 0.3) is 0 Å². The number of hydrogen-bond donors (Lipinski definition) is 1. The van der Waals surface area contributed by atoms with Crippen molar-refractivity contribution in [1.82, 2.24) is 4.90 Å². The van der Waals surface area contributed by atoms with Gasteiger partial charge in [0.15, 0.2) is 6.04 Å². The highest BCUT2D eigenvalue weighted by Crippen LogP contribution is 2.20. The summed E-state index contributed by atoms with van der Waals surface area (Å²) in [6.45, 7) is 9.45. The fourth-order valence-electron chi connectivity index (χ4n) is 5.65. The van der Waals surface area contributed by atoms with Crippen molar-refractivity contribution in [2.75, 3.05) is 26.3 Å². The molecular formula is C37H65N2O5+. The van der Waals surface area contributed by atoms with Crippen LogP contribution >= 0.6 is 0 Å².